The maximum Gasteiger partial charge on any atom is 0.207 e. The second-order valence-corrected chi connectivity index (χ2v) is 4.66. The summed E-state index contributed by atoms with van der Waals surface area (Å²) in [5.74, 6) is 0.875. The zero-order chi connectivity index (χ0) is 15.8. The van der Waals surface area contributed by atoms with Crippen LogP contribution < -0.4 is 15.4 Å². The first-order valence-corrected chi connectivity index (χ1v) is 6.93. The van der Waals surface area contributed by atoms with Crippen LogP contribution in [0.5, 0.6) is 5.75 Å². The Morgan fingerprint density at radius 1 is 1.23 bits per heavy atom. The fourth-order valence-corrected chi connectivity index (χ4v) is 2.01. The molecule has 0 unspecified atom stereocenters. The van der Waals surface area contributed by atoms with E-state index in [1.165, 1.54) is 5.56 Å². The molecule has 2 aromatic rings. The van der Waals surface area contributed by atoms with Crippen molar-refractivity contribution in [3.05, 3.63) is 59.7 Å². The number of anilines is 1. The van der Waals surface area contributed by atoms with E-state index in [1.807, 2.05) is 19.2 Å². The molecule has 4 rings (SSSR count). The smallest absolute Gasteiger partial charge is 0.207 e. The van der Waals surface area contributed by atoms with Crippen molar-refractivity contribution in [3.63, 3.8) is 0 Å². The topological polar surface area (TPSA) is 67.4 Å². The molecule has 0 radical (unpaired) electrons. The predicted molar refractivity (Wildman–Crippen MR) is 85.2 cm³/mol. The fourth-order valence-electron chi connectivity index (χ4n) is 2.01. The van der Waals surface area contributed by atoms with Crippen LogP contribution in [0.4, 0.5) is 5.69 Å². The first-order chi connectivity index (χ1) is 10.7. The second-order valence-electron chi connectivity index (χ2n) is 4.66. The number of carbonyl (C=O) groups excluding carboxylic acids is 2. The third-order valence-corrected chi connectivity index (χ3v) is 3.15. The molecule has 0 saturated heterocycles. The highest BCUT2D eigenvalue weighted by Gasteiger charge is 2.09. The van der Waals surface area contributed by atoms with Crippen molar-refractivity contribution >= 4 is 17.9 Å². The average Bonchev–Trinajstić information content (AvgIpc) is 2.61. The Labute approximate surface area is 129 Å². The van der Waals surface area contributed by atoms with Crippen LogP contribution in [0.3, 0.4) is 0 Å². The van der Waals surface area contributed by atoms with E-state index in [2.05, 4.69) is 22.8 Å². The third-order valence-electron chi connectivity index (χ3n) is 3.15. The number of benzene rings is 2. The quantitative estimate of drug-likeness (QED) is 0.656. The molecule has 114 valence electrons. The number of ketones is 1. The minimum Gasteiger partial charge on any atom is -0.487 e. The van der Waals surface area contributed by atoms with Crippen LogP contribution in [0.1, 0.15) is 15.9 Å². The van der Waals surface area contributed by atoms with Crippen molar-refractivity contribution in [2.45, 2.75) is 6.61 Å². The second kappa shape index (κ2) is 7.83. The molecule has 0 saturated carbocycles. The van der Waals surface area contributed by atoms with Gasteiger partial charge in [0.1, 0.15) is 12.4 Å². The van der Waals surface area contributed by atoms with E-state index < -0.39 is 0 Å². The minimum atomic E-state index is -0.0808. The number of hydrogen-bond acceptors (Lipinski definition) is 4. The van der Waals surface area contributed by atoms with E-state index in [0.717, 1.165) is 18.0 Å². The maximum atomic E-state index is 11.2. The molecule has 22 heavy (non-hydrogen) atoms. The fraction of sp³-hybridized carbons (Fsp3) is 0.176. The molecule has 0 aromatic heterocycles. The number of ether oxygens (including phenoxy) is 1. The lowest BCUT2D eigenvalue weighted by atomic mass is 10.1. The highest BCUT2D eigenvalue weighted by Crippen LogP contribution is 2.30. The summed E-state index contributed by atoms with van der Waals surface area (Å²) in [4.78, 5) is 21.1. The number of fused-ring (bicyclic) bond motifs is 3. The summed E-state index contributed by atoms with van der Waals surface area (Å²) >= 11 is 0. The van der Waals surface area contributed by atoms with Crippen LogP contribution in [0.15, 0.2) is 48.5 Å². The number of nitrogens with one attached hydrogen (secondary N) is 2. The van der Waals surface area contributed by atoms with Crippen LogP contribution >= 0.6 is 0 Å². The number of Topliss-reactive ketones (excluding diaryl/α,β-unsaturated/α-hetero) is 1. The monoisotopic (exact) mass is 298 g/mol. The molecule has 5 nitrogen and oxygen atoms in total. The van der Waals surface area contributed by atoms with Gasteiger partial charge in [-0.2, -0.15) is 0 Å². The predicted octanol–water partition coefficient (Wildman–Crippen LogP) is 2.24. The number of rotatable bonds is 5. The van der Waals surface area contributed by atoms with E-state index in [0.29, 0.717) is 12.0 Å². The van der Waals surface area contributed by atoms with Crippen LogP contribution in [0.25, 0.3) is 0 Å². The Balaban J connectivity index is 0.000000162. The van der Waals surface area contributed by atoms with Gasteiger partial charge in [0.05, 0.1) is 12.2 Å². The highest BCUT2D eigenvalue weighted by molar-refractivity contribution is 5.98. The molecular formula is C17H18N2O3. The largest absolute Gasteiger partial charge is 0.487 e. The Hall–Kier alpha value is -2.82. The lowest BCUT2D eigenvalue weighted by Gasteiger charge is -2.17. The molecule has 0 spiro atoms. The molecule has 2 aliphatic rings. The molecule has 0 aliphatic carbocycles. The standard InChI is InChI=1S/C9H9NO2.C8H9NO/c11-7-10-6-9(12)8-4-2-1-3-5-8;1-9-7-4-6-2-3-8(7)10-5-6/h1-5,7H,6H2,(H,10,11);2-4,9H,5H2,1H3. The number of carbonyl (C=O) groups is 2. The van der Waals surface area contributed by atoms with Gasteiger partial charge >= 0.3 is 0 Å². The zero-order valence-corrected chi connectivity index (χ0v) is 12.3. The van der Waals surface area contributed by atoms with E-state index >= 15 is 0 Å². The molecule has 2 N–H and O–H groups in total. The van der Waals surface area contributed by atoms with Crippen LogP contribution in [0.2, 0.25) is 0 Å². The summed E-state index contributed by atoms with van der Waals surface area (Å²) < 4.78 is 5.34. The summed E-state index contributed by atoms with van der Waals surface area (Å²) in [5, 5.41) is 5.38. The minimum absolute atomic E-state index is 0.0630. The van der Waals surface area contributed by atoms with Gasteiger partial charge in [-0.1, -0.05) is 36.4 Å². The van der Waals surface area contributed by atoms with Crippen LogP contribution in [-0.2, 0) is 11.4 Å². The highest BCUT2D eigenvalue weighted by atomic mass is 16.5. The van der Waals surface area contributed by atoms with Crippen molar-refractivity contribution in [2.75, 3.05) is 18.9 Å². The van der Waals surface area contributed by atoms with E-state index in [1.54, 1.807) is 24.3 Å². The van der Waals surface area contributed by atoms with Crippen LogP contribution in [0, 0.1) is 0 Å². The van der Waals surface area contributed by atoms with Gasteiger partial charge in [-0.05, 0) is 17.7 Å². The van der Waals surface area contributed by atoms with Gasteiger partial charge in [-0.3, -0.25) is 9.59 Å². The summed E-state index contributed by atoms with van der Waals surface area (Å²) in [5.41, 5.74) is 2.94. The van der Waals surface area contributed by atoms with Gasteiger partial charge < -0.3 is 15.4 Å². The Kier molecular flexibility index (Phi) is 5.54. The summed E-state index contributed by atoms with van der Waals surface area (Å²) in [6.45, 7) is 0.796. The SMILES string of the molecule is CNc1cc2ccc1OC2.O=CNCC(=O)c1ccccc1. The van der Waals surface area contributed by atoms with E-state index in [9.17, 15) is 9.59 Å². The average molecular weight is 298 g/mol. The Bertz CT molecular complexity index is 642. The van der Waals surface area contributed by atoms with Crippen LogP contribution in [-0.4, -0.2) is 25.8 Å². The van der Waals surface area contributed by atoms with Crippen molar-refractivity contribution in [1.82, 2.24) is 5.32 Å². The number of amides is 1. The Morgan fingerprint density at radius 2 is 2.00 bits per heavy atom. The third kappa shape index (κ3) is 4.09. The summed E-state index contributed by atoms with van der Waals surface area (Å²) in [6, 6.07) is 15.0. The first-order valence-electron chi connectivity index (χ1n) is 6.93. The zero-order valence-electron chi connectivity index (χ0n) is 12.3. The van der Waals surface area contributed by atoms with Crippen molar-refractivity contribution < 1.29 is 14.3 Å². The molecule has 2 aliphatic heterocycles. The molecule has 2 heterocycles. The van der Waals surface area contributed by atoms with Gasteiger partial charge in [0.25, 0.3) is 0 Å². The molecule has 2 aromatic carbocycles. The molecular weight excluding hydrogens is 280 g/mol. The number of hydrogen-bond donors (Lipinski definition) is 2. The maximum absolute atomic E-state index is 11.2. The van der Waals surface area contributed by atoms with Gasteiger partial charge in [0.2, 0.25) is 6.41 Å². The van der Waals surface area contributed by atoms with E-state index in [-0.39, 0.29) is 12.3 Å². The first kappa shape index (κ1) is 15.6. The lowest BCUT2D eigenvalue weighted by Crippen LogP contribution is -2.21. The summed E-state index contributed by atoms with van der Waals surface area (Å²) in [6.07, 6.45) is 0.515. The van der Waals surface area contributed by atoms with Gasteiger partial charge in [0.15, 0.2) is 5.78 Å². The van der Waals surface area contributed by atoms with Crippen molar-refractivity contribution in [1.29, 1.82) is 0 Å². The van der Waals surface area contributed by atoms with Crippen molar-refractivity contribution in [3.8, 4) is 5.75 Å². The molecule has 0 atom stereocenters. The van der Waals surface area contributed by atoms with E-state index in [4.69, 9.17) is 4.74 Å². The Morgan fingerprint density at radius 3 is 2.45 bits per heavy atom. The van der Waals surface area contributed by atoms with Gasteiger partial charge in [-0.15, -0.1) is 0 Å². The summed E-state index contributed by atoms with van der Waals surface area (Å²) in [7, 11) is 1.90. The van der Waals surface area contributed by atoms with Gasteiger partial charge in [0, 0.05) is 12.6 Å². The molecule has 2 bridgehead atoms. The molecule has 1 amide bonds. The van der Waals surface area contributed by atoms with Gasteiger partial charge in [-0.25, -0.2) is 0 Å². The molecule has 5 heteroatoms. The molecule has 0 fully saturated rings. The normalized spacial score (nSPS) is 10.8. The lowest BCUT2D eigenvalue weighted by molar-refractivity contribution is -0.109. The van der Waals surface area contributed by atoms with Crippen molar-refractivity contribution in [2.24, 2.45) is 0 Å².